The van der Waals surface area contributed by atoms with E-state index in [2.05, 4.69) is 268 Å². The van der Waals surface area contributed by atoms with Gasteiger partial charge in [0, 0.05) is 45.2 Å². The Morgan fingerprint density at radius 2 is 0.543 bits per heavy atom. The molecule has 0 fully saturated rings. The zero-order valence-corrected chi connectivity index (χ0v) is 41.4. The Balaban J connectivity index is 0.972. The molecule has 0 N–H and O–H groups in total. The number of fused-ring (bicyclic) bond motifs is 6. The summed E-state index contributed by atoms with van der Waals surface area (Å²) in [5.74, 6) is 0. The quantitative estimate of drug-likeness (QED) is 0.0904. The van der Waals surface area contributed by atoms with Gasteiger partial charge in [-0.1, -0.05) is 230 Å². The number of nitrogens with zero attached hydrogens (tertiary/aromatic N) is 2. The molecule has 6 aliphatic carbocycles. The van der Waals surface area contributed by atoms with Crippen LogP contribution in [0.15, 0.2) is 216 Å². The Morgan fingerprint density at radius 3 is 0.814 bits per heavy atom. The van der Waals surface area contributed by atoms with E-state index >= 15 is 0 Å². The smallest absolute Gasteiger partial charge is 0.0773 e. The molecule has 0 heterocycles. The van der Waals surface area contributed by atoms with Crippen LogP contribution in [0.4, 0.5) is 0 Å². The van der Waals surface area contributed by atoms with Crippen LogP contribution in [0.25, 0.3) is 43.1 Å². The Bertz CT molecular complexity index is 3410. The van der Waals surface area contributed by atoms with E-state index in [9.17, 15) is 0 Å². The van der Waals surface area contributed by atoms with E-state index in [1.54, 1.807) is 0 Å². The minimum Gasteiger partial charge on any atom is -0.287 e. The molecular weight excluding hydrogens is 885 g/mol. The van der Waals surface area contributed by atoms with E-state index < -0.39 is 0 Å². The molecule has 16 rings (SSSR count). The van der Waals surface area contributed by atoms with Crippen LogP contribution in [0.3, 0.4) is 0 Å². The lowest BCUT2D eigenvalue weighted by molar-refractivity contribution is 0.292. The number of hydrogen-bond donors (Lipinski definition) is 0. The van der Waals surface area contributed by atoms with Crippen molar-refractivity contribution in [1.82, 2.24) is 0 Å². The molecule has 4 heteroatoms. The maximum Gasteiger partial charge on any atom is 0.0773 e. The molecule has 0 amide bonds. The van der Waals surface area contributed by atoms with Crippen molar-refractivity contribution in [3.63, 3.8) is 0 Å². The van der Waals surface area contributed by atoms with Crippen molar-refractivity contribution in [2.24, 2.45) is 9.98 Å². The van der Waals surface area contributed by atoms with E-state index in [4.69, 9.17) is 9.98 Å². The first kappa shape index (κ1) is 42.2. The lowest BCUT2D eigenvalue weighted by atomic mass is 9.48. The standard InChI is InChI=1S/C66H52N2S2/c1-63-51-29-13-17-33-55(51)65(3,56-34-18-14-30-52(56)63)61(59(63)67-39-49-45-25-9-5-21-41(45)37-42-22-6-10-26-46(42)49)69-70-62-60(68-40-50-47-27-11-7-23-43(47)38-44-24-8-12-28-48(44)50)64(2)53-31-15-19-35-57(53)66(62,4)58-36-20-16-32-54(58)64/h5-40,59-62H,1-4H3/t59-,60-,61+,62+,63?,64?,65?,66?/m1/s1. The van der Waals surface area contributed by atoms with Crippen molar-refractivity contribution in [1.29, 1.82) is 0 Å². The molecule has 0 saturated carbocycles. The molecule has 2 nitrogen and oxygen atoms in total. The molecule has 338 valence electrons. The van der Waals surface area contributed by atoms with Gasteiger partial charge in [0.2, 0.25) is 0 Å². The second-order valence-electron chi connectivity index (χ2n) is 20.9. The van der Waals surface area contributed by atoms with E-state index in [1.807, 2.05) is 0 Å². The zero-order chi connectivity index (χ0) is 47.0. The van der Waals surface area contributed by atoms with Crippen molar-refractivity contribution in [3.8, 4) is 0 Å². The molecule has 10 aromatic rings. The van der Waals surface area contributed by atoms with Crippen LogP contribution in [0.2, 0.25) is 0 Å². The lowest BCUT2D eigenvalue weighted by Crippen LogP contribution is -2.63. The zero-order valence-electron chi connectivity index (χ0n) is 39.8. The van der Waals surface area contributed by atoms with Gasteiger partial charge >= 0.3 is 0 Å². The number of aliphatic imine (C=N–C) groups is 2. The second-order valence-corrected chi connectivity index (χ2v) is 23.5. The predicted molar refractivity (Wildman–Crippen MR) is 300 cm³/mol. The van der Waals surface area contributed by atoms with Gasteiger partial charge in [-0.3, -0.25) is 9.98 Å². The fraction of sp³-hybridized carbons (Fsp3) is 0.182. The molecule has 0 unspecified atom stereocenters. The highest BCUT2D eigenvalue weighted by molar-refractivity contribution is 8.77. The largest absolute Gasteiger partial charge is 0.287 e. The molecule has 0 spiro atoms. The van der Waals surface area contributed by atoms with Gasteiger partial charge in [-0.15, -0.1) is 0 Å². The third kappa shape index (κ3) is 5.55. The Labute approximate surface area is 418 Å². The first-order chi connectivity index (χ1) is 34.2. The van der Waals surface area contributed by atoms with Gasteiger partial charge in [-0.25, -0.2) is 0 Å². The van der Waals surface area contributed by atoms with Crippen LogP contribution < -0.4 is 0 Å². The van der Waals surface area contributed by atoms with Crippen molar-refractivity contribution < 1.29 is 0 Å². The fourth-order valence-corrected chi connectivity index (χ4v) is 18.7. The van der Waals surface area contributed by atoms with Gasteiger partial charge in [-0.05, 0) is 114 Å². The first-order valence-electron chi connectivity index (χ1n) is 24.8. The summed E-state index contributed by atoms with van der Waals surface area (Å²) in [4.78, 5) is 12.0. The van der Waals surface area contributed by atoms with Crippen LogP contribution in [0.1, 0.15) is 83.3 Å². The van der Waals surface area contributed by atoms with Crippen molar-refractivity contribution in [3.05, 3.63) is 262 Å². The molecule has 0 aliphatic heterocycles. The summed E-state index contributed by atoms with van der Waals surface area (Å²) in [5, 5.41) is 10.0. The summed E-state index contributed by atoms with van der Waals surface area (Å²) in [5.41, 5.74) is 12.2. The first-order valence-corrected chi connectivity index (χ1v) is 27.1. The summed E-state index contributed by atoms with van der Waals surface area (Å²) >= 11 is 0. The fourth-order valence-electron chi connectivity index (χ4n) is 14.2. The predicted octanol–water partition coefficient (Wildman–Crippen LogP) is 16.0. The van der Waals surface area contributed by atoms with Crippen LogP contribution in [0, 0.1) is 0 Å². The normalized spacial score (nSPS) is 27.1. The van der Waals surface area contributed by atoms with Crippen molar-refractivity contribution >= 4 is 77.1 Å². The van der Waals surface area contributed by atoms with Crippen LogP contribution in [-0.2, 0) is 21.7 Å². The van der Waals surface area contributed by atoms with E-state index in [1.165, 1.54) is 98.7 Å². The summed E-state index contributed by atoms with van der Waals surface area (Å²) < 4.78 is 0. The van der Waals surface area contributed by atoms with E-state index in [-0.39, 0.29) is 44.2 Å². The Kier molecular flexibility index (Phi) is 9.27. The van der Waals surface area contributed by atoms with Gasteiger partial charge in [0.15, 0.2) is 0 Å². The highest BCUT2D eigenvalue weighted by atomic mass is 33.1. The average Bonchev–Trinajstić information content (AvgIpc) is 3.41. The molecule has 4 bridgehead atoms. The Morgan fingerprint density at radius 1 is 0.314 bits per heavy atom. The minimum atomic E-state index is -0.381. The van der Waals surface area contributed by atoms with E-state index in [0.717, 1.165) is 0 Å². The van der Waals surface area contributed by atoms with Crippen molar-refractivity contribution in [2.45, 2.75) is 71.9 Å². The maximum absolute atomic E-state index is 6.01. The van der Waals surface area contributed by atoms with Gasteiger partial charge in [0.1, 0.15) is 0 Å². The highest BCUT2D eigenvalue weighted by Crippen LogP contribution is 2.68. The molecule has 0 saturated heterocycles. The third-order valence-electron chi connectivity index (χ3n) is 17.7. The third-order valence-corrected chi connectivity index (χ3v) is 21.3. The highest BCUT2D eigenvalue weighted by Gasteiger charge is 2.65. The van der Waals surface area contributed by atoms with Gasteiger partial charge in [-0.2, -0.15) is 0 Å². The van der Waals surface area contributed by atoms with Crippen LogP contribution in [0.5, 0.6) is 0 Å². The molecule has 0 radical (unpaired) electrons. The summed E-state index contributed by atoms with van der Waals surface area (Å²) in [6.07, 6.45) is 4.51. The Hall–Kier alpha value is -6.72. The summed E-state index contributed by atoms with van der Waals surface area (Å²) in [7, 11) is 4.18. The minimum absolute atomic E-state index is 0.0785. The number of rotatable bonds is 7. The lowest BCUT2D eigenvalue weighted by Gasteiger charge is -2.62. The average molecular weight is 937 g/mol. The van der Waals surface area contributed by atoms with Gasteiger partial charge in [0.05, 0.1) is 22.6 Å². The van der Waals surface area contributed by atoms with Crippen LogP contribution >= 0.6 is 21.6 Å². The molecule has 4 atom stereocenters. The summed E-state index contributed by atoms with van der Waals surface area (Å²) in [6, 6.07) is 77.0. The van der Waals surface area contributed by atoms with Crippen molar-refractivity contribution in [2.75, 3.05) is 0 Å². The SMILES string of the molecule is CC12c3ccccc3C(C)(c3ccccc31)[C@@H](SS[C@H]1[C@@H](N=Cc3c4ccccc4cc4ccccc34)C3(C)c4ccccc4C1(C)c1ccccc13)[C@H]2N=Cc1c2ccccc2cc2ccccc12. The molecule has 10 aromatic carbocycles. The number of benzene rings is 10. The van der Waals surface area contributed by atoms with E-state index in [0.29, 0.717) is 0 Å². The monoisotopic (exact) mass is 936 g/mol. The molecular formula is C66H52N2S2. The maximum atomic E-state index is 6.01. The molecule has 6 aliphatic rings. The molecule has 0 aromatic heterocycles. The van der Waals surface area contributed by atoms with Crippen LogP contribution in [-0.4, -0.2) is 35.0 Å². The van der Waals surface area contributed by atoms with Gasteiger partial charge < -0.3 is 0 Å². The van der Waals surface area contributed by atoms with Gasteiger partial charge in [0.25, 0.3) is 0 Å². The molecule has 70 heavy (non-hydrogen) atoms. The summed E-state index contributed by atoms with van der Waals surface area (Å²) in [6.45, 7) is 10.0. The number of hydrogen-bond acceptors (Lipinski definition) is 4. The topological polar surface area (TPSA) is 24.7 Å². The second kappa shape index (κ2) is 15.4.